The number of anilines is 2. The molecule has 3 N–H and O–H groups in total. The van der Waals surface area contributed by atoms with Crippen molar-refractivity contribution in [3.63, 3.8) is 0 Å². The van der Waals surface area contributed by atoms with E-state index in [0.717, 1.165) is 7.11 Å². The van der Waals surface area contributed by atoms with Gasteiger partial charge in [0.05, 0.1) is 18.5 Å². The number of ether oxygens (including phenoxy) is 3. The number of sulfonamides is 1. The van der Waals surface area contributed by atoms with Gasteiger partial charge in [-0.15, -0.1) is 0 Å². The quantitative estimate of drug-likeness (QED) is 0.606. The Hall–Kier alpha value is -2.16. The van der Waals surface area contributed by atoms with Gasteiger partial charge >= 0.3 is 5.97 Å². The van der Waals surface area contributed by atoms with Gasteiger partial charge in [-0.05, 0) is 6.92 Å². The Labute approximate surface area is 115 Å². The highest BCUT2D eigenvalue weighted by atomic mass is 32.2. The Balaban J connectivity index is 2.28. The molecule has 0 aliphatic carbocycles. The molecule has 1 atom stereocenters. The van der Waals surface area contributed by atoms with Crippen molar-refractivity contribution < 1.29 is 27.4 Å². The molecule has 1 heterocycles. The van der Waals surface area contributed by atoms with Crippen molar-refractivity contribution in [1.82, 2.24) is 0 Å². The van der Waals surface area contributed by atoms with Crippen molar-refractivity contribution in [2.75, 3.05) is 24.4 Å². The Morgan fingerprint density at radius 2 is 2.00 bits per heavy atom. The van der Waals surface area contributed by atoms with Crippen LogP contribution in [0, 0.1) is 0 Å². The molecule has 1 unspecified atom stereocenters. The second-order valence-electron chi connectivity index (χ2n) is 4.11. The molecule has 8 nitrogen and oxygen atoms in total. The minimum absolute atomic E-state index is 0.0452. The van der Waals surface area contributed by atoms with E-state index in [9.17, 15) is 13.2 Å². The summed E-state index contributed by atoms with van der Waals surface area (Å²) in [4.78, 5) is 11.3. The third kappa shape index (κ3) is 2.57. The van der Waals surface area contributed by atoms with Gasteiger partial charge in [0.2, 0.25) is 16.8 Å². The zero-order valence-corrected chi connectivity index (χ0v) is 11.7. The monoisotopic (exact) mass is 302 g/mol. The molecule has 0 saturated heterocycles. The van der Waals surface area contributed by atoms with E-state index >= 15 is 0 Å². The fraction of sp³-hybridized carbons (Fsp3) is 0.364. The van der Waals surface area contributed by atoms with Crippen molar-refractivity contribution in [3.8, 4) is 11.5 Å². The van der Waals surface area contributed by atoms with Crippen molar-refractivity contribution in [2.24, 2.45) is 0 Å². The van der Waals surface area contributed by atoms with E-state index in [2.05, 4.69) is 9.46 Å². The molecule has 0 aromatic heterocycles. The summed E-state index contributed by atoms with van der Waals surface area (Å²) in [5.41, 5.74) is 6.01. The van der Waals surface area contributed by atoms with Crippen LogP contribution in [0.2, 0.25) is 0 Å². The molecule has 2 rings (SSSR count). The van der Waals surface area contributed by atoms with Gasteiger partial charge in [0.1, 0.15) is 0 Å². The highest BCUT2D eigenvalue weighted by Crippen LogP contribution is 2.38. The maximum absolute atomic E-state index is 12.0. The number of methoxy groups -OCH3 is 1. The third-order valence-electron chi connectivity index (χ3n) is 2.80. The number of carbonyl (C=O) groups is 1. The summed E-state index contributed by atoms with van der Waals surface area (Å²) in [6, 6.07) is 2.85. The van der Waals surface area contributed by atoms with Crippen LogP contribution in [0.5, 0.6) is 11.5 Å². The van der Waals surface area contributed by atoms with Gasteiger partial charge in [0, 0.05) is 12.1 Å². The number of nitrogens with one attached hydrogen (secondary N) is 1. The zero-order chi connectivity index (χ0) is 14.9. The van der Waals surface area contributed by atoms with Gasteiger partial charge in [0.15, 0.2) is 16.7 Å². The average Bonchev–Trinajstić information content (AvgIpc) is 2.84. The number of benzene rings is 1. The number of fused-ring (bicyclic) bond motifs is 1. The van der Waals surface area contributed by atoms with Gasteiger partial charge in [-0.3, -0.25) is 9.52 Å². The normalized spacial score (nSPS) is 14.7. The number of nitrogens with two attached hydrogens (primary N) is 1. The molecule has 1 aromatic carbocycles. The van der Waals surface area contributed by atoms with Crippen molar-refractivity contribution in [3.05, 3.63) is 12.1 Å². The Morgan fingerprint density at radius 3 is 2.60 bits per heavy atom. The third-order valence-corrected chi connectivity index (χ3v) is 4.42. The summed E-state index contributed by atoms with van der Waals surface area (Å²) < 4.78 is 40.9. The molecule has 1 aliphatic heterocycles. The Kier molecular flexibility index (Phi) is 3.62. The number of nitrogen functional groups attached to an aromatic ring is 1. The van der Waals surface area contributed by atoms with E-state index in [4.69, 9.17) is 15.2 Å². The largest absolute Gasteiger partial charge is 0.468 e. The molecule has 0 saturated carbocycles. The smallest absolute Gasteiger partial charge is 0.325 e. The number of rotatable bonds is 4. The van der Waals surface area contributed by atoms with Crippen LogP contribution < -0.4 is 19.9 Å². The van der Waals surface area contributed by atoms with Crippen molar-refractivity contribution >= 4 is 27.4 Å². The van der Waals surface area contributed by atoms with Gasteiger partial charge in [-0.1, -0.05) is 0 Å². The van der Waals surface area contributed by atoms with Crippen LogP contribution in [0.15, 0.2) is 12.1 Å². The summed E-state index contributed by atoms with van der Waals surface area (Å²) in [6.45, 7) is 1.26. The van der Waals surface area contributed by atoms with Gasteiger partial charge < -0.3 is 19.9 Å². The molecule has 0 amide bonds. The molecule has 0 spiro atoms. The Morgan fingerprint density at radius 1 is 1.40 bits per heavy atom. The maximum Gasteiger partial charge on any atom is 0.325 e. The van der Waals surface area contributed by atoms with E-state index in [1.165, 1.54) is 19.1 Å². The van der Waals surface area contributed by atoms with Crippen LogP contribution in [0.4, 0.5) is 11.4 Å². The van der Waals surface area contributed by atoms with Crippen LogP contribution in [0.25, 0.3) is 0 Å². The summed E-state index contributed by atoms with van der Waals surface area (Å²) in [5.74, 6) is -0.0501. The molecule has 110 valence electrons. The predicted molar refractivity (Wildman–Crippen MR) is 71.0 cm³/mol. The minimum Gasteiger partial charge on any atom is -0.468 e. The molecule has 0 radical (unpaired) electrons. The lowest BCUT2D eigenvalue weighted by atomic mass is 10.2. The number of hydrogen-bond donors (Lipinski definition) is 2. The lowest BCUT2D eigenvalue weighted by Crippen LogP contribution is -2.33. The zero-order valence-electron chi connectivity index (χ0n) is 10.9. The lowest BCUT2D eigenvalue weighted by Gasteiger charge is -2.14. The van der Waals surface area contributed by atoms with Crippen LogP contribution >= 0.6 is 0 Å². The molecular formula is C11H14N2O6S. The molecular weight excluding hydrogens is 288 g/mol. The average molecular weight is 302 g/mol. The number of esters is 1. The van der Waals surface area contributed by atoms with Crippen LogP contribution in [0.1, 0.15) is 6.92 Å². The second-order valence-corrected chi connectivity index (χ2v) is 6.11. The van der Waals surface area contributed by atoms with Crippen molar-refractivity contribution in [2.45, 2.75) is 12.2 Å². The Bertz CT molecular complexity index is 643. The summed E-state index contributed by atoms with van der Waals surface area (Å²) in [7, 11) is -2.85. The van der Waals surface area contributed by atoms with Crippen LogP contribution in [-0.4, -0.2) is 33.5 Å². The molecule has 9 heteroatoms. The maximum atomic E-state index is 12.0. The fourth-order valence-electron chi connectivity index (χ4n) is 1.58. The van der Waals surface area contributed by atoms with E-state index in [1.54, 1.807) is 0 Å². The highest BCUT2D eigenvalue weighted by molar-refractivity contribution is 7.94. The van der Waals surface area contributed by atoms with E-state index in [0.29, 0.717) is 11.5 Å². The molecule has 0 fully saturated rings. The van der Waals surface area contributed by atoms with Crippen LogP contribution in [0.3, 0.4) is 0 Å². The van der Waals surface area contributed by atoms with Gasteiger partial charge in [0.25, 0.3) is 0 Å². The fourth-order valence-corrected chi connectivity index (χ4v) is 2.59. The number of hydrogen-bond acceptors (Lipinski definition) is 7. The van der Waals surface area contributed by atoms with E-state index in [1.807, 2.05) is 0 Å². The summed E-state index contributed by atoms with van der Waals surface area (Å²) >= 11 is 0. The second kappa shape index (κ2) is 5.08. The first kappa shape index (κ1) is 14.3. The summed E-state index contributed by atoms with van der Waals surface area (Å²) in [6.07, 6.45) is 0. The first-order valence-electron chi connectivity index (χ1n) is 5.63. The summed E-state index contributed by atoms with van der Waals surface area (Å²) in [5, 5.41) is -1.36. The lowest BCUT2D eigenvalue weighted by molar-refractivity contribution is -0.139. The first-order valence-corrected chi connectivity index (χ1v) is 7.18. The van der Waals surface area contributed by atoms with E-state index in [-0.39, 0.29) is 18.2 Å². The molecule has 1 aromatic rings. The topological polar surface area (TPSA) is 117 Å². The molecule has 1 aliphatic rings. The van der Waals surface area contributed by atoms with Crippen molar-refractivity contribution in [1.29, 1.82) is 0 Å². The first-order chi connectivity index (χ1) is 9.35. The van der Waals surface area contributed by atoms with E-state index < -0.39 is 21.2 Å². The molecule has 0 bridgehead atoms. The minimum atomic E-state index is -3.97. The van der Waals surface area contributed by atoms with Crippen LogP contribution in [-0.2, 0) is 19.6 Å². The predicted octanol–water partition coefficient (Wildman–Crippen LogP) is 0.301. The van der Waals surface area contributed by atoms with Gasteiger partial charge in [-0.2, -0.15) is 0 Å². The van der Waals surface area contributed by atoms with Gasteiger partial charge in [-0.25, -0.2) is 8.42 Å². The number of carbonyl (C=O) groups excluding carboxylic acids is 1. The SMILES string of the molecule is COC(=O)C(C)S(=O)(=O)Nc1cc2c(cc1N)OCO2. The molecule has 20 heavy (non-hydrogen) atoms. The standard InChI is InChI=1S/C11H14N2O6S/c1-6(11(14)17-2)20(15,16)13-8-4-10-9(3-7(8)12)18-5-19-10/h3-4,6,13H,5,12H2,1-2H3. The highest BCUT2D eigenvalue weighted by Gasteiger charge is 2.30.